The van der Waals surface area contributed by atoms with Gasteiger partial charge in [-0.3, -0.25) is 0 Å². The highest BCUT2D eigenvalue weighted by Crippen LogP contribution is 2.28. The van der Waals surface area contributed by atoms with E-state index in [4.69, 9.17) is 4.42 Å². The van der Waals surface area contributed by atoms with Gasteiger partial charge < -0.3 is 4.42 Å². The van der Waals surface area contributed by atoms with Crippen LogP contribution in [-0.4, -0.2) is 38.0 Å². The number of rotatable bonds is 9. The molecule has 34 heavy (non-hydrogen) atoms. The molecule has 0 aliphatic carbocycles. The molecule has 0 spiro atoms. The van der Waals surface area contributed by atoms with E-state index in [9.17, 15) is 16.8 Å². The van der Waals surface area contributed by atoms with Crippen molar-refractivity contribution in [1.82, 2.24) is 8.61 Å². The Bertz CT molecular complexity index is 1270. The molecule has 0 radical (unpaired) electrons. The highest BCUT2D eigenvalue weighted by Gasteiger charge is 2.33. The third-order valence-corrected chi connectivity index (χ3v) is 10.00. The zero-order chi connectivity index (χ0) is 24.2. The fourth-order valence-corrected chi connectivity index (χ4v) is 7.52. The summed E-state index contributed by atoms with van der Waals surface area (Å²) >= 11 is 0. The maximum absolute atomic E-state index is 13.5. The van der Waals surface area contributed by atoms with Gasteiger partial charge in [-0.15, -0.1) is 0 Å². The normalized spacial score (nSPS) is 17.8. The highest BCUT2D eigenvalue weighted by atomic mass is 32.2. The van der Waals surface area contributed by atoms with Crippen LogP contribution in [-0.2, 0) is 33.1 Å². The number of furan rings is 1. The Kier molecular flexibility index (Phi) is 7.57. The molecule has 4 rings (SSSR count). The molecular weight excluding hydrogens is 472 g/mol. The number of hydrogen-bond donors (Lipinski definition) is 0. The summed E-state index contributed by atoms with van der Waals surface area (Å²) in [6.07, 6.45) is 4.97. The molecule has 0 amide bonds. The van der Waals surface area contributed by atoms with Crippen LogP contribution in [0.2, 0.25) is 0 Å². The second-order valence-electron chi connectivity index (χ2n) is 8.48. The van der Waals surface area contributed by atoms with E-state index in [1.54, 1.807) is 16.4 Å². The van der Waals surface area contributed by atoms with Crippen LogP contribution in [0, 0.1) is 0 Å². The second kappa shape index (κ2) is 10.4. The van der Waals surface area contributed by atoms with E-state index < -0.39 is 20.0 Å². The molecule has 0 bridgehead atoms. The fourth-order valence-electron chi connectivity index (χ4n) is 4.36. The lowest BCUT2D eigenvalue weighted by atomic mass is 10.0. The molecule has 182 valence electrons. The lowest BCUT2D eigenvalue weighted by Gasteiger charge is -2.34. The van der Waals surface area contributed by atoms with Gasteiger partial charge in [-0.1, -0.05) is 43.7 Å². The van der Waals surface area contributed by atoms with Crippen molar-refractivity contribution in [1.29, 1.82) is 0 Å². The van der Waals surface area contributed by atoms with Crippen LogP contribution in [0.15, 0.2) is 87.2 Å². The van der Waals surface area contributed by atoms with E-state index >= 15 is 0 Å². The number of piperidine rings is 1. The molecule has 1 atom stereocenters. The smallest absolute Gasteiger partial charge is 0.243 e. The number of benzene rings is 2. The molecule has 0 saturated carbocycles. The average molecular weight is 503 g/mol. The third-order valence-electron chi connectivity index (χ3n) is 6.23. The van der Waals surface area contributed by atoms with Crippen molar-refractivity contribution in [3.63, 3.8) is 0 Å². The average Bonchev–Trinajstić information content (AvgIpc) is 3.37. The van der Waals surface area contributed by atoms with Crippen molar-refractivity contribution in [2.75, 3.05) is 6.54 Å². The van der Waals surface area contributed by atoms with Gasteiger partial charge in [0.2, 0.25) is 20.0 Å². The first-order valence-corrected chi connectivity index (χ1v) is 14.4. The maximum Gasteiger partial charge on any atom is 0.243 e. The van der Waals surface area contributed by atoms with Crippen LogP contribution >= 0.6 is 0 Å². The van der Waals surface area contributed by atoms with Gasteiger partial charge in [-0.2, -0.15) is 8.61 Å². The number of hydrogen-bond acceptors (Lipinski definition) is 5. The van der Waals surface area contributed by atoms with Gasteiger partial charge in [-0.25, -0.2) is 16.8 Å². The summed E-state index contributed by atoms with van der Waals surface area (Å²) in [6.45, 7) is 2.72. The summed E-state index contributed by atoms with van der Waals surface area (Å²) in [7, 11) is -7.60. The Morgan fingerprint density at radius 1 is 0.882 bits per heavy atom. The lowest BCUT2D eigenvalue weighted by Crippen LogP contribution is -2.43. The van der Waals surface area contributed by atoms with Crippen LogP contribution < -0.4 is 0 Å². The standard InChI is InChI=1S/C25H30N2O5S2/c1-2-22-11-6-7-17-27(22)34(30,31)25-15-13-24(14-16-25)33(28,29)26(20-23-12-8-18-32-23)19-21-9-4-3-5-10-21/h3-5,8-10,12-16,18,22H,2,6-7,11,17,19-20H2,1H3/t22-/m1/s1. The van der Waals surface area contributed by atoms with Crippen LogP contribution in [0.3, 0.4) is 0 Å². The van der Waals surface area contributed by atoms with Crippen molar-refractivity contribution in [2.24, 2.45) is 0 Å². The minimum absolute atomic E-state index is 0.0168. The van der Waals surface area contributed by atoms with Crippen LogP contribution in [0.4, 0.5) is 0 Å². The van der Waals surface area contributed by atoms with E-state index in [1.165, 1.54) is 34.8 Å². The van der Waals surface area contributed by atoms with Gasteiger partial charge in [0.15, 0.2) is 0 Å². The minimum atomic E-state index is -3.91. The van der Waals surface area contributed by atoms with Gasteiger partial charge in [0, 0.05) is 19.1 Å². The predicted octanol–water partition coefficient (Wildman–Crippen LogP) is 4.62. The summed E-state index contributed by atoms with van der Waals surface area (Å²) in [5, 5.41) is 0. The molecule has 1 aliphatic heterocycles. The Morgan fingerprint density at radius 3 is 2.24 bits per heavy atom. The highest BCUT2D eigenvalue weighted by molar-refractivity contribution is 7.89. The van der Waals surface area contributed by atoms with Crippen LogP contribution in [0.5, 0.6) is 0 Å². The van der Waals surface area contributed by atoms with Gasteiger partial charge >= 0.3 is 0 Å². The van der Waals surface area contributed by atoms with Crippen molar-refractivity contribution >= 4 is 20.0 Å². The first-order chi connectivity index (χ1) is 16.3. The van der Waals surface area contributed by atoms with Crippen molar-refractivity contribution in [3.8, 4) is 0 Å². The van der Waals surface area contributed by atoms with E-state index in [2.05, 4.69) is 0 Å². The third kappa shape index (κ3) is 5.27. The summed E-state index contributed by atoms with van der Waals surface area (Å²) < 4.78 is 61.9. The van der Waals surface area contributed by atoms with E-state index in [0.717, 1.165) is 31.2 Å². The quantitative estimate of drug-likeness (QED) is 0.426. The number of nitrogens with zero attached hydrogens (tertiary/aromatic N) is 2. The van der Waals surface area contributed by atoms with Crippen LogP contribution in [0.1, 0.15) is 43.9 Å². The Hall–Kier alpha value is -2.46. The largest absolute Gasteiger partial charge is 0.468 e. The van der Waals surface area contributed by atoms with Crippen molar-refractivity contribution < 1.29 is 21.3 Å². The molecule has 7 nitrogen and oxygen atoms in total. The molecule has 9 heteroatoms. The Balaban J connectivity index is 1.62. The first kappa shape index (κ1) is 24.7. The molecule has 0 unspecified atom stereocenters. The van der Waals surface area contributed by atoms with Gasteiger partial charge in [-0.05, 0) is 61.2 Å². The van der Waals surface area contributed by atoms with Gasteiger partial charge in [0.1, 0.15) is 5.76 Å². The zero-order valence-corrected chi connectivity index (χ0v) is 20.8. The monoisotopic (exact) mass is 502 g/mol. The van der Waals surface area contributed by atoms with Gasteiger partial charge in [0.05, 0.1) is 22.6 Å². The molecule has 2 heterocycles. The van der Waals surface area contributed by atoms with E-state index in [0.29, 0.717) is 12.3 Å². The Labute approximate surface area is 202 Å². The predicted molar refractivity (Wildman–Crippen MR) is 130 cm³/mol. The molecule has 2 aromatic carbocycles. The van der Waals surface area contributed by atoms with E-state index in [1.807, 2.05) is 37.3 Å². The maximum atomic E-state index is 13.5. The molecular formula is C25H30N2O5S2. The van der Waals surface area contributed by atoms with Crippen molar-refractivity contribution in [2.45, 2.75) is 61.5 Å². The lowest BCUT2D eigenvalue weighted by molar-refractivity contribution is 0.246. The molecule has 1 fully saturated rings. The Morgan fingerprint density at radius 2 is 1.59 bits per heavy atom. The molecule has 1 aromatic heterocycles. The van der Waals surface area contributed by atoms with Crippen molar-refractivity contribution in [3.05, 3.63) is 84.3 Å². The van der Waals surface area contributed by atoms with Crippen LogP contribution in [0.25, 0.3) is 0 Å². The SMILES string of the molecule is CC[C@@H]1CCCCN1S(=O)(=O)c1ccc(S(=O)(=O)N(Cc2ccccc2)Cc2ccco2)cc1. The molecule has 1 saturated heterocycles. The minimum Gasteiger partial charge on any atom is -0.468 e. The second-order valence-corrected chi connectivity index (χ2v) is 12.3. The topological polar surface area (TPSA) is 87.9 Å². The summed E-state index contributed by atoms with van der Waals surface area (Å²) in [5.74, 6) is 0.523. The molecule has 1 aliphatic rings. The zero-order valence-electron chi connectivity index (χ0n) is 19.2. The summed E-state index contributed by atoms with van der Waals surface area (Å²) in [6, 6.07) is 18.3. The summed E-state index contributed by atoms with van der Waals surface area (Å²) in [5.41, 5.74) is 0.840. The molecule has 3 aromatic rings. The first-order valence-electron chi connectivity index (χ1n) is 11.5. The van der Waals surface area contributed by atoms with E-state index in [-0.39, 0.29) is 28.9 Å². The fraction of sp³-hybridized carbons (Fsp3) is 0.360. The summed E-state index contributed by atoms with van der Waals surface area (Å²) in [4.78, 5) is 0.159. The van der Waals surface area contributed by atoms with Gasteiger partial charge in [0.25, 0.3) is 0 Å². The number of sulfonamides is 2. The molecule has 0 N–H and O–H groups in total.